The largest absolute Gasteiger partial charge is 0.504 e. The van der Waals surface area contributed by atoms with Gasteiger partial charge in [-0.05, 0) is 41.8 Å². The van der Waals surface area contributed by atoms with Crippen LogP contribution in [0.5, 0.6) is 5.75 Å². The lowest BCUT2D eigenvalue weighted by Gasteiger charge is -2.31. The molecule has 152 valence electrons. The Morgan fingerprint density at radius 2 is 1.73 bits per heavy atom. The first kappa shape index (κ1) is 19.9. The summed E-state index contributed by atoms with van der Waals surface area (Å²) in [5.41, 5.74) is 1.50. The Bertz CT molecular complexity index is 1130. The van der Waals surface area contributed by atoms with Crippen molar-refractivity contribution in [2.75, 3.05) is 18.4 Å². The third-order valence-electron chi connectivity index (χ3n) is 5.02. The minimum atomic E-state index is -0.759. The molecule has 7 heteroatoms. The number of rotatable bonds is 4. The zero-order valence-electron chi connectivity index (χ0n) is 15.9. The number of hydrogen-bond acceptors (Lipinski definition) is 3. The van der Waals surface area contributed by atoms with Crippen LogP contribution < -0.4 is 5.32 Å². The predicted octanol–water partition coefficient (Wildman–Crippen LogP) is 4.95. The lowest BCUT2D eigenvalue weighted by molar-refractivity contribution is 0.0651. The molecule has 5 nitrogen and oxygen atoms in total. The van der Waals surface area contributed by atoms with E-state index in [0.29, 0.717) is 18.7 Å². The summed E-state index contributed by atoms with van der Waals surface area (Å²) >= 11 is 6.05. The Hall–Kier alpha value is -3.38. The zero-order valence-corrected chi connectivity index (χ0v) is 16.6. The van der Waals surface area contributed by atoms with Gasteiger partial charge in [-0.1, -0.05) is 48.0 Å². The fraction of sp³-hybridized carbons (Fsp3) is 0.130. The second-order valence-corrected chi connectivity index (χ2v) is 7.42. The van der Waals surface area contributed by atoms with E-state index in [2.05, 4.69) is 5.32 Å². The van der Waals surface area contributed by atoms with Crippen LogP contribution in [0.1, 0.15) is 27.1 Å². The SMILES string of the molecule is O=C(Nc1cc(C(=O)N2CCC2)cc(Cl)c1O)c1cc(-c2ccccc2)ccc1F. The number of benzene rings is 3. The zero-order chi connectivity index (χ0) is 21.3. The van der Waals surface area contributed by atoms with Gasteiger partial charge >= 0.3 is 0 Å². The molecule has 1 aliphatic rings. The molecule has 0 saturated carbocycles. The summed E-state index contributed by atoms with van der Waals surface area (Å²) in [6.07, 6.45) is 0.929. The highest BCUT2D eigenvalue weighted by Crippen LogP contribution is 2.34. The Labute approximate surface area is 177 Å². The summed E-state index contributed by atoms with van der Waals surface area (Å²) in [5.74, 6) is -2.09. The Balaban J connectivity index is 1.64. The van der Waals surface area contributed by atoms with Crippen LogP contribution in [0.4, 0.5) is 10.1 Å². The summed E-state index contributed by atoms with van der Waals surface area (Å²) in [5, 5.41) is 12.6. The van der Waals surface area contributed by atoms with Gasteiger partial charge in [0, 0.05) is 18.7 Å². The lowest BCUT2D eigenvalue weighted by Crippen LogP contribution is -2.42. The summed E-state index contributed by atoms with van der Waals surface area (Å²) in [6, 6.07) is 16.2. The second-order valence-electron chi connectivity index (χ2n) is 7.01. The second kappa shape index (κ2) is 8.16. The summed E-state index contributed by atoms with van der Waals surface area (Å²) < 4.78 is 14.4. The standard InChI is InChI=1S/C23H18ClFN2O3/c24-18-12-16(23(30)27-9-4-10-27)13-20(21(18)28)26-22(29)17-11-15(7-8-19(17)25)14-5-2-1-3-6-14/h1-3,5-8,11-13,28H,4,9-10H2,(H,26,29). The molecule has 0 aromatic heterocycles. The molecule has 0 atom stereocenters. The van der Waals surface area contributed by atoms with Crippen LogP contribution in [0.3, 0.4) is 0 Å². The number of aromatic hydroxyl groups is 1. The van der Waals surface area contributed by atoms with Gasteiger partial charge in [0.05, 0.1) is 16.3 Å². The quantitative estimate of drug-likeness (QED) is 0.582. The Morgan fingerprint density at radius 1 is 1.00 bits per heavy atom. The first-order valence-corrected chi connectivity index (χ1v) is 9.80. The number of nitrogens with zero attached hydrogens (tertiary/aromatic N) is 1. The van der Waals surface area contributed by atoms with Gasteiger partial charge in [-0.3, -0.25) is 9.59 Å². The van der Waals surface area contributed by atoms with Crippen LogP contribution in [0, 0.1) is 5.82 Å². The maximum Gasteiger partial charge on any atom is 0.258 e. The lowest BCUT2D eigenvalue weighted by atomic mass is 10.0. The van der Waals surface area contributed by atoms with Gasteiger partial charge in [0.15, 0.2) is 5.75 Å². The molecule has 0 radical (unpaired) electrons. The molecule has 0 spiro atoms. The maximum atomic E-state index is 14.4. The van der Waals surface area contributed by atoms with E-state index in [1.165, 1.54) is 24.3 Å². The van der Waals surface area contributed by atoms with Crippen LogP contribution in [-0.2, 0) is 0 Å². The molecule has 4 rings (SSSR count). The van der Waals surface area contributed by atoms with E-state index in [1.807, 2.05) is 30.3 Å². The van der Waals surface area contributed by atoms with Crippen LogP contribution in [0.25, 0.3) is 11.1 Å². The highest BCUT2D eigenvalue weighted by Gasteiger charge is 2.24. The van der Waals surface area contributed by atoms with Gasteiger partial charge in [-0.15, -0.1) is 0 Å². The summed E-state index contributed by atoms with van der Waals surface area (Å²) in [7, 11) is 0. The van der Waals surface area contributed by atoms with E-state index in [1.54, 1.807) is 11.0 Å². The molecule has 2 amide bonds. The van der Waals surface area contributed by atoms with Crippen molar-refractivity contribution in [2.45, 2.75) is 6.42 Å². The number of phenolic OH excluding ortho intramolecular Hbond substituents is 1. The minimum absolute atomic E-state index is 0.0547. The molecule has 3 aromatic carbocycles. The third-order valence-corrected chi connectivity index (χ3v) is 5.31. The van der Waals surface area contributed by atoms with Crippen LogP contribution in [0.15, 0.2) is 60.7 Å². The van der Waals surface area contributed by atoms with Gasteiger partial charge in [0.1, 0.15) is 5.82 Å². The first-order chi connectivity index (χ1) is 14.4. The van der Waals surface area contributed by atoms with E-state index in [9.17, 15) is 19.1 Å². The number of hydrogen-bond donors (Lipinski definition) is 2. The summed E-state index contributed by atoms with van der Waals surface area (Å²) in [6.45, 7) is 1.30. The number of nitrogens with one attached hydrogen (secondary N) is 1. The fourth-order valence-corrected chi connectivity index (χ4v) is 3.44. The van der Waals surface area contributed by atoms with Crippen molar-refractivity contribution in [1.29, 1.82) is 0 Å². The topological polar surface area (TPSA) is 69.6 Å². The molecule has 3 aromatic rings. The van der Waals surface area contributed by atoms with Gasteiger partial charge in [-0.25, -0.2) is 4.39 Å². The first-order valence-electron chi connectivity index (χ1n) is 9.42. The van der Waals surface area contributed by atoms with Crippen LogP contribution >= 0.6 is 11.6 Å². The molecular weight excluding hydrogens is 407 g/mol. The van der Waals surface area contributed by atoms with Crippen molar-refractivity contribution in [3.63, 3.8) is 0 Å². The number of anilines is 1. The molecule has 2 N–H and O–H groups in total. The molecule has 1 aliphatic heterocycles. The van der Waals surface area contributed by atoms with Gasteiger partial charge in [0.2, 0.25) is 0 Å². The van der Waals surface area contributed by atoms with Crippen molar-refractivity contribution in [3.8, 4) is 16.9 Å². The monoisotopic (exact) mass is 424 g/mol. The fourth-order valence-electron chi connectivity index (χ4n) is 3.22. The van der Waals surface area contributed by atoms with E-state index >= 15 is 0 Å². The van der Waals surface area contributed by atoms with Crippen molar-refractivity contribution in [2.24, 2.45) is 0 Å². The van der Waals surface area contributed by atoms with Gasteiger partial charge < -0.3 is 15.3 Å². The average molecular weight is 425 g/mol. The third kappa shape index (κ3) is 3.86. The molecule has 0 unspecified atom stereocenters. The molecule has 1 saturated heterocycles. The van der Waals surface area contributed by atoms with E-state index in [4.69, 9.17) is 11.6 Å². The number of halogens is 2. The molecule has 0 bridgehead atoms. The number of likely N-dealkylation sites (tertiary alicyclic amines) is 1. The molecular formula is C23H18ClFN2O3. The van der Waals surface area contributed by atoms with Crippen molar-refractivity contribution >= 4 is 29.1 Å². The van der Waals surface area contributed by atoms with Gasteiger partial charge in [0.25, 0.3) is 11.8 Å². The van der Waals surface area contributed by atoms with Crippen LogP contribution in [-0.4, -0.2) is 34.9 Å². The van der Waals surface area contributed by atoms with Crippen LogP contribution in [0.2, 0.25) is 5.02 Å². The Kier molecular flexibility index (Phi) is 5.42. The summed E-state index contributed by atoms with van der Waals surface area (Å²) in [4.78, 5) is 26.9. The smallest absolute Gasteiger partial charge is 0.258 e. The molecule has 1 heterocycles. The molecule has 30 heavy (non-hydrogen) atoms. The maximum absolute atomic E-state index is 14.4. The van der Waals surface area contributed by atoms with E-state index < -0.39 is 11.7 Å². The predicted molar refractivity (Wildman–Crippen MR) is 113 cm³/mol. The highest BCUT2D eigenvalue weighted by molar-refractivity contribution is 6.33. The number of carbonyl (C=O) groups excluding carboxylic acids is 2. The minimum Gasteiger partial charge on any atom is -0.504 e. The van der Waals surface area contributed by atoms with Crippen molar-refractivity contribution in [1.82, 2.24) is 4.90 Å². The molecule has 0 aliphatic carbocycles. The van der Waals surface area contributed by atoms with E-state index in [-0.39, 0.29) is 33.5 Å². The van der Waals surface area contributed by atoms with Crippen molar-refractivity contribution in [3.05, 3.63) is 82.6 Å². The number of amides is 2. The molecule has 1 fully saturated rings. The normalized spacial score (nSPS) is 12.9. The van der Waals surface area contributed by atoms with Crippen molar-refractivity contribution < 1.29 is 19.1 Å². The average Bonchev–Trinajstić information content (AvgIpc) is 2.70. The highest BCUT2D eigenvalue weighted by atomic mass is 35.5. The number of phenols is 1. The Morgan fingerprint density at radius 3 is 2.40 bits per heavy atom. The number of carbonyl (C=O) groups is 2. The van der Waals surface area contributed by atoms with Gasteiger partial charge in [-0.2, -0.15) is 0 Å². The van der Waals surface area contributed by atoms with E-state index in [0.717, 1.165) is 12.0 Å².